The number of carbonyl (C=O) groups is 1. The normalized spacial score (nSPS) is 11.1. The summed E-state index contributed by atoms with van der Waals surface area (Å²) in [6, 6.07) is 10.8. The predicted molar refractivity (Wildman–Crippen MR) is 87.3 cm³/mol. The SMILES string of the molecule is C#CCOc1ccc(/C=N\NC(=O)c2cccc(C(F)(F)F)c2)cc1. The maximum atomic E-state index is 12.6. The fourth-order valence-electron chi connectivity index (χ4n) is 1.84. The van der Waals surface area contributed by atoms with Crippen molar-refractivity contribution in [3.63, 3.8) is 0 Å². The van der Waals surface area contributed by atoms with Gasteiger partial charge in [0.15, 0.2) is 0 Å². The molecule has 2 aromatic rings. The number of hydrogen-bond acceptors (Lipinski definition) is 3. The lowest BCUT2D eigenvalue weighted by Gasteiger charge is -2.07. The van der Waals surface area contributed by atoms with Crippen molar-refractivity contribution < 1.29 is 22.7 Å². The molecule has 1 N–H and O–H groups in total. The fraction of sp³-hybridized carbons (Fsp3) is 0.111. The Morgan fingerprint density at radius 2 is 1.96 bits per heavy atom. The molecule has 2 rings (SSSR count). The van der Waals surface area contributed by atoms with Gasteiger partial charge in [0.05, 0.1) is 11.8 Å². The first-order valence-electron chi connectivity index (χ1n) is 7.07. The van der Waals surface area contributed by atoms with Crippen LogP contribution in [-0.4, -0.2) is 18.7 Å². The zero-order valence-electron chi connectivity index (χ0n) is 12.9. The van der Waals surface area contributed by atoms with Gasteiger partial charge in [0.25, 0.3) is 5.91 Å². The zero-order chi connectivity index (χ0) is 18.3. The predicted octanol–water partition coefficient (Wildman–Crippen LogP) is 3.48. The molecule has 0 saturated carbocycles. The molecule has 0 fully saturated rings. The number of amides is 1. The summed E-state index contributed by atoms with van der Waals surface area (Å²) in [6.07, 6.45) is 1.93. The average molecular weight is 346 g/mol. The number of benzene rings is 2. The zero-order valence-corrected chi connectivity index (χ0v) is 12.9. The van der Waals surface area contributed by atoms with Gasteiger partial charge in [0.1, 0.15) is 12.4 Å². The maximum Gasteiger partial charge on any atom is 0.416 e. The molecule has 2 aromatic carbocycles. The quantitative estimate of drug-likeness (QED) is 0.512. The summed E-state index contributed by atoms with van der Waals surface area (Å²) in [5.74, 6) is 2.19. The molecule has 128 valence electrons. The van der Waals surface area contributed by atoms with E-state index in [-0.39, 0.29) is 12.2 Å². The number of ether oxygens (including phenoxy) is 1. The Bertz CT molecular complexity index is 806. The van der Waals surface area contributed by atoms with Crippen LogP contribution in [0.2, 0.25) is 0 Å². The van der Waals surface area contributed by atoms with Crippen molar-refractivity contribution in [2.75, 3.05) is 6.61 Å². The molecule has 0 spiro atoms. The summed E-state index contributed by atoms with van der Waals surface area (Å²) in [6.45, 7) is 0.153. The van der Waals surface area contributed by atoms with Gasteiger partial charge in [-0.3, -0.25) is 4.79 Å². The smallest absolute Gasteiger partial charge is 0.416 e. The standard InChI is InChI=1S/C18H13F3N2O2/c1-2-10-25-16-8-6-13(7-9-16)12-22-23-17(24)14-4-3-5-15(11-14)18(19,20)21/h1,3-9,11-12H,10H2,(H,23,24)/b22-12-. The molecule has 4 nitrogen and oxygen atoms in total. The van der Waals surface area contributed by atoms with Crippen molar-refractivity contribution >= 4 is 12.1 Å². The third kappa shape index (κ3) is 5.39. The van der Waals surface area contributed by atoms with Crippen LogP contribution < -0.4 is 10.2 Å². The number of carbonyl (C=O) groups excluding carboxylic acids is 1. The number of nitrogens with one attached hydrogen (secondary N) is 1. The van der Waals surface area contributed by atoms with Crippen LogP contribution in [0.5, 0.6) is 5.75 Å². The number of rotatable bonds is 5. The lowest BCUT2D eigenvalue weighted by Crippen LogP contribution is -2.18. The maximum absolute atomic E-state index is 12.6. The Hall–Kier alpha value is -3.27. The molecule has 0 saturated heterocycles. The molecule has 0 heterocycles. The summed E-state index contributed by atoms with van der Waals surface area (Å²) in [7, 11) is 0. The minimum atomic E-state index is -4.51. The molecule has 0 aliphatic carbocycles. The Labute approximate surface area is 142 Å². The largest absolute Gasteiger partial charge is 0.481 e. The molecule has 0 bridgehead atoms. The number of terminal acetylenes is 1. The molecule has 0 aliphatic heterocycles. The molecular formula is C18H13F3N2O2. The first-order chi connectivity index (χ1) is 11.9. The summed E-state index contributed by atoms with van der Waals surface area (Å²) in [4.78, 5) is 11.9. The summed E-state index contributed by atoms with van der Waals surface area (Å²) >= 11 is 0. The highest BCUT2D eigenvalue weighted by atomic mass is 19.4. The van der Waals surface area contributed by atoms with E-state index in [0.29, 0.717) is 11.3 Å². The lowest BCUT2D eigenvalue weighted by atomic mass is 10.1. The minimum absolute atomic E-state index is 0.134. The van der Waals surface area contributed by atoms with Gasteiger partial charge >= 0.3 is 6.18 Å². The highest BCUT2D eigenvalue weighted by Gasteiger charge is 2.30. The van der Waals surface area contributed by atoms with Gasteiger partial charge in [-0.15, -0.1) is 6.42 Å². The third-order valence-electron chi connectivity index (χ3n) is 3.03. The van der Waals surface area contributed by atoms with Crippen molar-refractivity contribution in [2.45, 2.75) is 6.18 Å². The van der Waals surface area contributed by atoms with E-state index < -0.39 is 17.6 Å². The fourth-order valence-corrected chi connectivity index (χ4v) is 1.84. The highest BCUT2D eigenvalue weighted by Crippen LogP contribution is 2.29. The molecule has 0 radical (unpaired) electrons. The van der Waals surface area contributed by atoms with Gasteiger partial charge in [-0.05, 0) is 48.0 Å². The van der Waals surface area contributed by atoms with E-state index in [1.54, 1.807) is 24.3 Å². The van der Waals surface area contributed by atoms with Crippen LogP contribution in [0.1, 0.15) is 21.5 Å². The van der Waals surface area contributed by atoms with E-state index in [0.717, 1.165) is 18.2 Å². The molecule has 0 aromatic heterocycles. The molecule has 7 heteroatoms. The molecule has 0 aliphatic rings. The number of hydrazone groups is 1. The summed E-state index contributed by atoms with van der Waals surface area (Å²) in [5.41, 5.74) is 1.81. The first-order valence-corrected chi connectivity index (χ1v) is 7.07. The molecule has 25 heavy (non-hydrogen) atoms. The lowest BCUT2D eigenvalue weighted by molar-refractivity contribution is -0.137. The van der Waals surface area contributed by atoms with Crippen molar-refractivity contribution in [1.82, 2.24) is 5.43 Å². The number of halogens is 3. The first kappa shape index (κ1) is 18.1. The van der Waals surface area contributed by atoms with Crippen molar-refractivity contribution in [3.8, 4) is 18.1 Å². The molecule has 0 atom stereocenters. The van der Waals surface area contributed by atoms with Gasteiger partial charge in [0, 0.05) is 5.56 Å². The highest BCUT2D eigenvalue weighted by molar-refractivity contribution is 5.95. The van der Waals surface area contributed by atoms with Crippen LogP contribution in [0, 0.1) is 12.3 Å². The molecule has 0 unspecified atom stereocenters. The van der Waals surface area contributed by atoms with Crippen LogP contribution in [0.15, 0.2) is 53.6 Å². The van der Waals surface area contributed by atoms with Gasteiger partial charge in [-0.25, -0.2) is 5.43 Å². The number of alkyl halides is 3. The van der Waals surface area contributed by atoms with Crippen LogP contribution in [0.3, 0.4) is 0 Å². The van der Waals surface area contributed by atoms with Crippen LogP contribution >= 0.6 is 0 Å². The van der Waals surface area contributed by atoms with E-state index in [1.165, 1.54) is 12.3 Å². The Morgan fingerprint density at radius 1 is 1.24 bits per heavy atom. The van der Waals surface area contributed by atoms with E-state index in [4.69, 9.17) is 11.2 Å². The second-order valence-electron chi connectivity index (χ2n) is 4.84. The topological polar surface area (TPSA) is 50.7 Å². The van der Waals surface area contributed by atoms with Gasteiger partial charge in [0.2, 0.25) is 0 Å². The van der Waals surface area contributed by atoms with E-state index in [2.05, 4.69) is 16.4 Å². The van der Waals surface area contributed by atoms with E-state index >= 15 is 0 Å². The molecule has 1 amide bonds. The minimum Gasteiger partial charge on any atom is -0.481 e. The van der Waals surface area contributed by atoms with Gasteiger partial charge < -0.3 is 4.74 Å². The number of hydrogen-bond donors (Lipinski definition) is 1. The average Bonchev–Trinajstić information content (AvgIpc) is 2.60. The summed E-state index contributed by atoms with van der Waals surface area (Å²) < 4.78 is 43.1. The van der Waals surface area contributed by atoms with Crippen molar-refractivity contribution in [2.24, 2.45) is 5.10 Å². The van der Waals surface area contributed by atoms with E-state index in [9.17, 15) is 18.0 Å². The second kappa shape index (κ2) is 8.02. The Morgan fingerprint density at radius 3 is 2.60 bits per heavy atom. The van der Waals surface area contributed by atoms with Crippen LogP contribution in [0.25, 0.3) is 0 Å². The van der Waals surface area contributed by atoms with Crippen LogP contribution in [0.4, 0.5) is 13.2 Å². The van der Waals surface area contributed by atoms with Gasteiger partial charge in [-0.2, -0.15) is 18.3 Å². The monoisotopic (exact) mass is 346 g/mol. The second-order valence-corrected chi connectivity index (χ2v) is 4.84. The Kier molecular flexibility index (Phi) is 5.79. The van der Waals surface area contributed by atoms with Crippen molar-refractivity contribution in [1.29, 1.82) is 0 Å². The summed E-state index contributed by atoms with van der Waals surface area (Å²) in [5, 5.41) is 3.72. The Balaban J connectivity index is 1.98. The third-order valence-corrected chi connectivity index (χ3v) is 3.03. The van der Waals surface area contributed by atoms with E-state index in [1.807, 2.05) is 0 Å². The van der Waals surface area contributed by atoms with Gasteiger partial charge in [-0.1, -0.05) is 12.0 Å². The molecular weight excluding hydrogens is 333 g/mol. The van der Waals surface area contributed by atoms with Crippen molar-refractivity contribution in [3.05, 3.63) is 65.2 Å². The number of nitrogens with zero attached hydrogens (tertiary/aromatic N) is 1. The van der Waals surface area contributed by atoms with Crippen LogP contribution in [-0.2, 0) is 6.18 Å².